The number of likely N-dealkylation sites (tertiary alicyclic amines) is 1. The Labute approximate surface area is 467 Å². The standard InChI is InChI=1S/C53H77N11O17/c1-26(2)41(50(77)55-24-39(68)58-37(25-65)48(75)59-35(19-20-40(69)70)47(74)56-28(5)44(71)60-36(53(80)81)23-31-12-9-8-10-13-31)61-45(72)29(6)57-51(78)43(30(7)66)63-49(76)38-14-11-21-64(38)52(79)42(27(3)4)62-46(73)34(54)22-32-15-17-33(67)18-16-32/h8-10,12-13,15-18,26-30,34-38,41-43,65-67H,11,14,19-25,54H2,1-7H3,(H,55,77)(H,56,74)(H,57,78)(H,58,68)(H,59,75)(H,60,71)(H,61,72)(H,62,73)(H,63,76)(H,69,70)(H,80,81)/t28-,29-,30+,34-,35-,36-,37-,38-,41-,42-,43-/m0/s1. The summed E-state index contributed by atoms with van der Waals surface area (Å²) in [6, 6.07) is 0.677. The minimum atomic E-state index is -1.77. The van der Waals surface area contributed by atoms with E-state index in [9.17, 15) is 83.1 Å². The number of nitrogens with one attached hydrogen (secondary N) is 9. The van der Waals surface area contributed by atoms with Gasteiger partial charge in [0.15, 0.2) is 0 Å². The number of rotatable bonds is 31. The number of hydrogen-bond acceptors (Lipinski definition) is 16. The largest absolute Gasteiger partial charge is 0.508 e. The number of nitrogens with two attached hydrogens (primary N) is 1. The molecule has 446 valence electrons. The molecule has 2 aromatic rings. The molecule has 11 atom stereocenters. The SMILES string of the molecule is CC(C)[C@H](NC(=O)[C@H](C)NC(=O)[C@@H](NC(=O)[C@@H]1CCCN1C(=O)[C@@H](NC(=O)[C@@H](N)Cc1ccc(O)cc1)C(C)C)[C@@H](C)O)C(=O)NCC(=O)N[C@@H](CO)C(=O)N[C@@H](CCC(=O)O)C(=O)N[C@@H](C)C(=O)N[C@@H](Cc1ccccc1)C(=O)O. The van der Waals surface area contributed by atoms with Crippen LogP contribution in [-0.2, 0) is 70.4 Å². The Hall–Kier alpha value is -8.24. The molecule has 28 nitrogen and oxygen atoms in total. The minimum absolute atomic E-state index is 0.0354. The number of nitrogens with zero attached hydrogens (tertiary/aromatic N) is 1. The Balaban J connectivity index is 1.57. The number of carbonyl (C=O) groups is 12. The van der Waals surface area contributed by atoms with Gasteiger partial charge in [0.1, 0.15) is 60.1 Å². The van der Waals surface area contributed by atoms with E-state index in [4.69, 9.17) is 5.73 Å². The summed E-state index contributed by atoms with van der Waals surface area (Å²) in [7, 11) is 0. The number of aliphatic carboxylic acids is 2. The summed E-state index contributed by atoms with van der Waals surface area (Å²) in [4.78, 5) is 158. The Kier molecular flexibility index (Phi) is 26.6. The van der Waals surface area contributed by atoms with Gasteiger partial charge in [-0.05, 0) is 81.5 Å². The van der Waals surface area contributed by atoms with Gasteiger partial charge >= 0.3 is 11.9 Å². The van der Waals surface area contributed by atoms with Gasteiger partial charge in [-0.25, -0.2) is 4.79 Å². The number of aliphatic hydroxyl groups is 2. The third kappa shape index (κ3) is 21.4. The smallest absolute Gasteiger partial charge is 0.326 e. The molecule has 0 saturated carbocycles. The lowest BCUT2D eigenvalue weighted by Gasteiger charge is -2.32. The van der Waals surface area contributed by atoms with E-state index in [1.54, 1.807) is 70.2 Å². The van der Waals surface area contributed by atoms with Gasteiger partial charge in [0, 0.05) is 19.4 Å². The molecule has 28 heteroatoms. The van der Waals surface area contributed by atoms with Crippen LogP contribution in [0.25, 0.3) is 0 Å². The first kappa shape index (κ1) is 67.0. The van der Waals surface area contributed by atoms with Crippen molar-refractivity contribution in [3.05, 3.63) is 65.7 Å². The molecule has 0 spiro atoms. The highest BCUT2D eigenvalue weighted by molar-refractivity contribution is 5.99. The average molecular weight is 1140 g/mol. The predicted octanol–water partition coefficient (Wildman–Crippen LogP) is -3.84. The van der Waals surface area contributed by atoms with E-state index in [0.29, 0.717) is 17.5 Å². The molecule has 0 bridgehead atoms. The lowest BCUT2D eigenvalue weighted by Crippen LogP contribution is -2.61. The third-order valence-electron chi connectivity index (χ3n) is 13.0. The van der Waals surface area contributed by atoms with E-state index in [1.165, 1.54) is 37.8 Å². The first-order chi connectivity index (χ1) is 38.0. The molecule has 3 rings (SSSR count). The second kappa shape index (κ2) is 32.1. The molecule has 1 aliphatic rings. The van der Waals surface area contributed by atoms with Crippen molar-refractivity contribution in [3.63, 3.8) is 0 Å². The summed E-state index contributed by atoms with van der Waals surface area (Å²) in [6.07, 6.45) is -2.11. The molecule has 2 aromatic carbocycles. The molecule has 0 radical (unpaired) electrons. The normalized spacial score (nSPS) is 16.7. The van der Waals surface area contributed by atoms with Crippen LogP contribution in [0, 0.1) is 11.8 Å². The fraction of sp³-hybridized carbons (Fsp3) is 0.547. The number of hydrogen-bond donors (Lipinski definition) is 15. The van der Waals surface area contributed by atoms with Crippen LogP contribution >= 0.6 is 0 Å². The van der Waals surface area contributed by atoms with Gasteiger partial charge in [-0.15, -0.1) is 0 Å². The van der Waals surface area contributed by atoms with Crippen LogP contribution in [0.2, 0.25) is 0 Å². The molecule has 1 fully saturated rings. The molecule has 10 amide bonds. The lowest BCUT2D eigenvalue weighted by molar-refractivity contribution is -0.143. The fourth-order valence-corrected chi connectivity index (χ4v) is 8.32. The van der Waals surface area contributed by atoms with E-state index in [2.05, 4.69) is 47.9 Å². The van der Waals surface area contributed by atoms with E-state index >= 15 is 0 Å². The summed E-state index contributed by atoms with van der Waals surface area (Å²) < 4.78 is 0. The Morgan fingerprint density at radius 2 is 1.14 bits per heavy atom. The number of carboxylic acid groups (broad SMARTS) is 2. The first-order valence-electron chi connectivity index (χ1n) is 26.4. The number of benzene rings is 2. The van der Waals surface area contributed by atoms with Crippen molar-refractivity contribution in [1.29, 1.82) is 0 Å². The highest BCUT2D eigenvalue weighted by Gasteiger charge is 2.41. The number of amides is 10. The van der Waals surface area contributed by atoms with Crippen molar-refractivity contribution in [2.24, 2.45) is 17.6 Å². The van der Waals surface area contributed by atoms with Crippen LogP contribution in [0.1, 0.15) is 85.3 Å². The van der Waals surface area contributed by atoms with Gasteiger partial charge in [0.2, 0.25) is 59.1 Å². The van der Waals surface area contributed by atoms with Crippen LogP contribution in [0.5, 0.6) is 5.75 Å². The van der Waals surface area contributed by atoms with Crippen LogP contribution in [0.3, 0.4) is 0 Å². The highest BCUT2D eigenvalue weighted by Crippen LogP contribution is 2.21. The predicted molar refractivity (Wildman–Crippen MR) is 287 cm³/mol. The van der Waals surface area contributed by atoms with Gasteiger partial charge in [-0.2, -0.15) is 0 Å². The minimum Gasteiger partial charge on any atom is -0.508 e. The molecular formula is C53H77N11O17. The van der Waals surface area contributed by atoms with Crippen molar-refractivity contribution in [2.75, 3.05) is 19.7 Å². The lowest BCUT2D eigenvalue weighted by atomic mass is 10.00. The number of phenolic OH excluding ortho intramolecular Hbond substituents is 1. The van der Waals surface area contributed by atoms with E-state index in [-0.39, 0.29) is 31.6 Å². The van der Waals surface area contributed by atoms with Crippen molar-refractivity contribution in [2.45, 2.75) is 154 Å². The van der Waals surface area contributed by atoms with Crippen LogP contribution < -0.4 is 53.6 Å². The molecule has 1 aliphatic heterocycles. The van der Waals surface area contributed by atoms with Gasteiger partial charge in [-0.1, -0.05) is 70.2 Å². The Morgan fingerprint density at radius 3 is 1.69 bits per heavy atom. The van der Waals surface area contributed by atoms with Crippen LogP contribution in [0.4, 0.5) is 0 Å². The first-order valence-corrected chi connectivity index (χ1v) is 26.4. The number of carboxylic acids is 2. The van der Waals surface area contributed by atoms with Crippen molar-refractivity contribution < 1.29 is 83.1 Å². The number of aliphatic hydroxyl groups excluding tert-OH is 2. The molecule has 0 aromatic heterocycles. The summed E-state index contributed by atoms with van der Waals surface area (Å²) in [5.41, 5.74) is 7.43. The summed E-state index contributed by atoms with van der Waals surface area (Å²) in [5.74, 6) is -12.8. The molecule has 0 unspecified atom stereocenters. The second-order valence-electron chi connectivity index (χ2n) is 20.4. The maximum absolute atomic E-state index is 13.9. The molecule has 1 heterocycles. The zero-order valence-electron chi connectivity index (χ0n) is 46.2. The van der Waals surface area contributed by atoms with Gasteiger partial charge in [0.25, 0.3) is 0 Å². The topological polar surface area (TPSA) is 444 Å². The average Bonchev–Trinajstić information content (AvgIpc) is 3.91. The van der Waals surface area contributed by atoms with Gasteiger partial charge in [0.05, 0.1) is 25.3 Å². The van der Waals surface area contributed by atoms with E-state index < -0.39 is 175 Å². The zero-order valence-corrected chi connectivity index (χ0v) is 46.2. The monoisotopic (exact) mass is 1140 g/mol. The van der Waals surface area contributed by atoms with Crippen molar-refractivity contribution in [3.8, 4) is 5.75 Å². The van der Waals surface area contributed by atoms with Gasteiger partial charge < -0.3 is 84.0 Å². The fourth-order valence-electron chi connectivity index (χ4n) is 8.32. The molecule has 16 N–H and O–H groups in total. The van der Waals surface area contributed by atoms with Crippen molar-refractivity contribution in [1.82, 2.24) is 52.8 Å². The summed E-state index contributed by atoms with van der Waals surface area (Å²) in [5, 5.41) is 70.5. The summed E-state index contributed by atoms with van der Waals surface area (Å²) >= 11 is 0. The molecule has 0 aliphatic carbocycles. The Morgan fingerprint density at radius 1 is 0.593 bits per heavy atom. The number of carbonyl (C=O) groups excluding carboxylic acids is 10. The molecule has 81 heavy (non-hydrogen) atoms. The molecular weight excluding hydrogens is 1060 g/mol. The second-order valence-corrected chi connectivity index (χ2v) is 20.4. The quantitative estimate of drug-likeness (QED) is 0.0344. The van der Waals surface area contributed by atoms with Crippen molar-refractivity contribution >= 4 is 71.0 Å². The van der Waals surface area contributed by atoms with Crippen LogP contribution in [-0.4, -0.2) is 188 Å². The van der Waals surface area contributed by atoms with E-state index in [0.717, 1.165) is 0 Å². The Bertz CT molecular complexity index is 2550. The highest BCUT2D eigenvalue weighted by atomic mass is 16.4. The number of aromatic hydroxyl groups is 1. The van der Waals surface area contributed by atoms with Crippen LogP contribution in [0.15, 0.2) is 54.6 Å². The maximum atomic E-state index is 13.9. The zero-order chi connectivity index (χ0) is 60.8. The number of phenols is 1. The third-order valence-corrected chi connectivity index (χ3v) is 13.0. The van der Waals surface area contributed by atoms with Gasteiger partial charge in [-0.3, -0.25) is 52.7 Å². The summed E-state index contributed by atoms with van der Waals surface area (Å²) in [6.45, 7) is 8.43. The van der Waals surface area contributed by atoms with E-state index in [1.807, 2.05) is 0 Å². The maximum Gasteiger partial charge on any atom is 0.326 e. The molecule has 1 saturated heterocycles.